The van der Waals surface area contributed by atoms with Crippen LogP contribution in [0.15, 0.2) is 42.6 Å². The van der Waals surface area contributed by atoms with Gasteiger partial charge in [0.1, 0.15) is 0 Å². The molecule has 2 amide bonds. The van der Waals surface area contributed by atoms with Crippen molar-refractivity contribution in [2.24, 2.45) is 0 Å². The average molecular weight is 423 g/mol. The van der Waals surface area contributed by atoms with Crippen molar-refractivity contribution in [3.8, 4) is 17.2 Å². The highest BCUT2D eigenvalue weighted by Gasteiger charge is 2.28. The second-order valence-electron chi connectivity index (χ2n) is 7.25. The zero-order chi connectivity index (χ0) is 22.0. The smallest absolute Gasteiger partial charge is 0.256 e. The zero-order valence-electron chi connectivity index (χ0n) is 17.8. The highest BCUT2D eigenvalue weighted by atomic mass is 16.5. The van der Waals surface area contributed by atoms with Gasteiger partial charge >= 0.3 is 0 Å². The maximum atomic E-state index is 13.1. The number of para-hydroxylation sites is 1. The second-order valence-corrected chi connectivity index (χ2v) is 7.25. The van der Waals surface area contributed by atoms with Gasteiger partial charge in [-0.05, 0) is 18.2 Å². The average Bonchev–Trinajstić information content (AvgIpc) is 3.26. The number of methoxy groups -OCH3 is 3. The van der Waals surface area contributed by atoms with E-state index in [2.05, 4.69) is 4.98 Å². The van der Waals surface area contributed by atoms with E-state index in [1.54, 1.807) is 28.1 Å². The molecule has 31 heavy (non-hydrogen) atoms. The van der Waals surface area contributed by atoms with E-state index < -0.39 is 0 Å². The molecule has 0 spiro atoms. The van der Waals surface area contributed by atoms with Crippen LogP contribution in [0.2, 0.25) is 0 Å². The van der Waals surface area contributed by atoms with Crippen LogP contribution < -0.4 is 14.2 Å². The van der Waals surface area contributed by atoms with Crippen LogP contribution >= 0.6 is 0 Å². The Labute approximate surface area is 180 Å². The number of aromatic amines is 1. The number of benzene rings is 2. The summed E-state index contributed by atoms with van der Waals surface area (Å²) in [6.07, 6.45) is 1.75. The Kier molecular flexibility index (Phi) is 5.70. The number of nitrogens with zero attached hydrogens (tertiary/aromatic N) is 2. The number of piperazine rings is 1. The summed E-state index contributed by atoms with van der Waals surface area (Å²) in [6, 6.07) is 11.0. The minimum absolute atomic E-state index is 0.0302. The third-order valence-electron chi connectivity index (χ3n) is 5.59. The van der Waals surface area contributed by atoms with Crippen molar-refractivity contribution in [1.82, 2.24) is 14.8 Å². The van der Waals surface area contributed by atoms with E-state index in [0.29, 0.717) is 54.6 Å². The summed E-state index contributed by atoms with van der Waals surface area (Å²) in [5.41, 5.74) is 2.04. The molecule has 1 aliphatic rings. The Hall–Kier alpha value is -3.68. The quantitative estimate of drug-likeness (QED) is 0.682. The zero-order valence-corrected chi connectivity index (χ0v) is 17.8. The molecular weight excluding hydrogens is 398 g/mol. The summed E-state index contributed by atoms with van der Waals surface area (Å²) in [5, 5.41) is 0.906. The SMILES string of the molecule is COc1cc(C(=O)N2CCN(C(=O)c3c[nH]c4ccccc34)CC2)cc(OC)c1OC. The van der Waals surface area contributed by atoms with E-state index in [9.17, 15) is 9.59 Å². The van der Waals surface area contributed by atoms with Gasteiger partial charge in [-0.1, -0.05) is 18.2 Å². The van der Waals surface area contributed by atoms with Gasteiger partial charge in [-0.15, -0.1) is 0 Å². The van der Waals surface area contributed by atoms with E-state index in [4.69, 9.17) is 14.2 Å². The molecule has 1 saturated heterocycles. The van der Waals surface area contributed by atoms with Crippen molar-refractivity contribution in [2.45, 2.75) is 0 Å². The molecule has 0 unspecified atom stereocenters. The number of ether oxygens (including phenoxy) is 3. The maximum absolute atomic E-state index is 13.1. The Balaban J connectivity index is 1.47. The normalized spacial score (nSPS) is 13.9. The van der Waals surface area contributed by atoms with Crippen LogP contribution in [0.5, 0.6) is 17.2 Å². The summed E-state index contributed by atoms with van der Waals surface area (Å²) < 4.78 is 16.0. The predicted octanol–water partition coefficient (Wildman–Crippen LogP) is 2.79. The van der Waals surface area contributed by atoms with Crippen molar-refractivity contribution in [3.63, 3.8) is 0 Å². The van der Waals surface area contributed by atoms with Crippen molar-refractivity contribution in [1.29, 1.82) is 0 Å². The van der Waals surface area contributed by atoms with E-state index in [1.807, 2.05) is 24.3 Å². The van der Waals surface area contributed by atoms with E-state index in [0.717, 1.165) is 10.9 Å². The molecular formula is C23H25N3O5. The number of rotatable bonds is 5. The number of hydrogen-bond acceptors (Lipinski definition) is 5. The third-order valence-corrected chi connectivity index (χ3v) is 5.59. The Morgan fingerprint density at radius 2 is 1.42 bits per heavy atom. The van der Waals surface area contributed by atoms with Crippen molar-refractivity contribution < 1.29 is 23.8 Å². The summed E-state index contributed by atoms with van der Waals surface area (Å²) in [5.74, 6) is 1.13. The van der Waals surface area contributed by atoms with Gasteiger partial charge in [0.2, 0.25) is 5.75 Å². The highest BCUT2D eigenvalue weighted by molar-refractivity contribution is 6.06. The topological polar surface area (TPSA) is 84.1 Å². The fourth-order valence-corrected chi connectivity index (χ4v) is 3.92. The minimum atomic E-state index is -0.140. The highest BCUT2D eigenvalue weighted by Crippen LogP contribution is 2.38. The monoisotopic (exact) mass is 423 g/mol. The molecule has 0 bridgehead atoms. The van der Waals surface area contributed by atoms with Crippen molar-refractivity contribution >= 4 is 22.7 Å². The summed E-state index contributed by atoms with van der Waals surface area (Å²) in [4.78, 5) is 32.8. The van der Waals surface area contributed by atoms with Crippen LogP contribution in [0.3, 0.4) is 0 Å². The van der Waals surface area contributed by atoms with Gasteiger partial charge in [0.05, 0.1) is 26.9 Å². The Bertz CT molecular complexity index is 1090. The van der Waals surface area contributed by atoms with Gasteiger partial charge in [-0.25, -0.2) is 0 Å². The first-order valence-electron chi connectivity index (χ1n) is 10.0. The van der Waals surface area contributed by atoms with E-state index in [1.165, 1.54) is 21.3 Å². The molecule has 162 valence electrons. The number of carbonyl (C=O) groups is 2. The lowest BCUT2D eigenvalue weighted by atomic mass is 10.1. The molecule has 1 aliphatic heterocycles. The first-order chi connectivity index (χ1) is 15.1. The number of fused-ring (bicyclic) bond motifs is 1. The van der Waals surface area contributed by atoms with Crippen LogP contribution in [0, 0.1) is 0 Å². The summed E-state index contributed by atoms with van der Waals surface area (Å²) in [7, 11) is 4.55. The summed E-state index contributed by atoms with van der Waals surface area (Å²) in [6.45, 7) is 1.83. The van der Waals surface area contributed by atoms with Crippen molar-refractivity contribution in [3.05, 3.63) is 53.7 Å². The molecule has 2 aromatic carbocycles. The number of nitrogens with one attached hydrogen (secondary N) is 1. The molecule has 0 saturated carbocycles. The predicted molar refractivity (Wildman–Crippen MR) is 116 cm³/mol. The van der Waals surface area contributed by atoms with Crippen molar-refractivity contribution in [2.75, 3.05) is 47.5 Å². The van der Waals surface area contributed by atoms with Crippen LogP contribution in [-0.2, 0) is 0 Å². The number of hydrogen-bond donors (Lipinski definition) is 1. The molecule has 8 nitrogen and oxygen atoms in total. The van der Waals surface area contributed by atoms with Crippen LogP contribution in [0.25, 0.3) is 10.9 Å². The van der Waals surface area contributed by atoms with Crippen LogP contribution in [-0.4, -0.2) is 74.1 Å². The molecule has 0 aliphatic carbocycles. The third kappa shape index (κ3) is 3.76. The molecule has 0 atom stereocenters. The molecule has 3 aromatic rings. The first-order valence-corrected chi connectivity index (χ1v) is 10.0. The maximum Gasteiger partial charge on any atom is 0.256 e. The second kappa shape index (κ2) is 8.59. The van der Waals surface area contributed by atoms with Gasteiger partial charge in [-0.3, -0.25) is 9.59 Å². The Morgan fingerprint density at radius 1 is 0.839 bits per heavy atom. The van der Waals surface area contributed by atoms with Gasteiger partial charge in [0.25, 0.3) is 11.8 Å². The lowest BCUT2D eigenvalue weighted by Gasteiger charge is -2.35. The minimum Gasteiger partial charge on any atom is -0.493 e. The number of H-pyrrole nitrogens is 1. The number of aromatic nitrogens is 1. The van der Waals surface area contributed by atoms with E-state index >= 15 is 0 Å². The van der Waals surface area contributed by atoms with Gasteiger partial charge < -0.3 is 29.0 Å². The standard InChI is InChI=1S/C23H25N3O5/c1-29-19-12-15(13-20(30-2)21(19)31-3)22(27)25-8-10-26(11-9-25)23(28)17-14-24-18-7-5-4-6-16(17)18/h4-7,12-14,24H,8-11H2,1-3H3. The van der Waals surface area contributed by atoms with Crippen LogP contribution in [0.1, 0.15) is 20.7 Å². The summed E-state index contributed by atoms with van der Waals surface area (Å²) >= 11 is 0. The number of carbonyl (C=O) groups excluding carboxylic acids is 2. The molecule has 2 heterocycles. The fourth-order valence-electron chi connectivity index (χ4n) is 3.92. The fraction of sp³-hybridized carbons (Fsp3) is 0.304. The largest absolute Gasteiger partial charge is 0.493 e. The molecule has 0 radical (unpaired) electrons. The van der Waals surface area contributed by atoms with Gasteiger partial charge in [-0.2, -0.15) is 0 Å². The molecule has 1 aromatic heterocycles. The van der Waals surface area contributed by atoms with Gasteiger partial charge in [0, 0.05) is 48.8 Å². The van der Waals surface area contributed by atoms with Crippen LogP contribution in [0.4, 0.5) is 0 Å². The van der Waals surface area contributed by atoms with Gasteiger partial charge in [0.15, 0.2) is 11.5 Å². The lowest BCUT2D eigenvalue weighted by Crippen LogP contribution is -2.50. The molecule has 8 heteroatoms. The van der Waals surface area contributed by atoms with E-state index in [-0.39, 0.29) is 11.8 Å². The lowest BCUT2D eigenvalue weighted by molar-refractivity contribution is 0.0536. The molecule has 1 N–H and O–H groups in total. The molecule has 1 fully saturated rings. The first kappa shape index (κ1) is 20.6. The number of amides is 2. The Morgan fingerprint density at radius 3 is 2.00 bits per heavy atom. The molecule has 4 rings (SSSR count).